The second-order valence-corrected chi connectivity index (χ2v) is 9.32. The van der Waals surface area contributed by atoms with E-state index >= 15 is 0 Å². The number of anilines is 3. The molecule has 2 fully saturated rings. The maximum atomic E-state index is 14.8. The molecule has 38 heavy (non-hydrogen) atoms. The fourth-order valence-corrected chi connectivity index (χ4v) is 4.52. The summed E-state index contributed by atoms with van der Waals surface area (Å²) in [5.74, 6) is -0.614. The molecule has 12 heteroatoms. The first kappa shape index (κ1) is 25.6. The molecule has 0 saturated carbocycles. The number of hydrogen-bond donors (Lipinski definition) is 2. The zero-order valence-electron chi connectivity index (χ0n) is 21.5. The van der Waals surface area contributed by atoms with Crippen molar-refractivity contribution < 1.29 is 18.7 Å². The molecule has 2 aromatic heterocycles. The molecule has 11 nitrogen and oxygen atoms in total. The summed E-state index contributed by atoms with van der Waals surface area (Å²) >= 11 is 0. The molecule has 2 aliphatic heterocycles. The normalized spacial score (nSPS) is 15.7. The number of likely N-dealkylation sites (tertiary alicyclic amines) is 1. The van der Waals surface area contributed by atoms with Crippen molar-refractivity contribution in [3.05, 3.63) is 53.7 Å². The highest BCUT2D eigenvalue weighted by Gasteiger charge is 2.23. The van der Waals surface area contributed by atoms with Crippen LogP contribution in [0.5, 0.6) is 5.75 Å². The summed E-state index contributed by atoms with van der Waals surface area (Å²) in [7, 11) is 1.54. The quantitative estimate of drug-likeness (QED) is 0.408. The highest BCUT2D eigenvalue weighted by Crippen LogP contribution is 2.38. The maximum Gasteiger partial charge on any atom is 0.248 e. The fourth-order valence-electron chi connectivity index (χ4n) is 4.52. The number of carbonyl (C=O) groups excluding carboxylic acids is 1. The third-order valence-electron chi connectivity index (χ3n) is 6.82. The summed E-state index contributed by atoms with van der Waals surface area (Å²) in [5.41, 5.74) is 9.34. The molecule has 3 aromatic rings. The van der Waals surface area contributed by atoms with E-state index in [4.69, 9.17) is 15.2 Å². The minimum atomic E-state index is -0.640. The Morgan fingerprint density at radius 2 is 2.03 bits per heavy atom. The van der Waals surface area contributed by atoms with Crippen molar-refractivity contribution >= 4 is 28.8 Å². The third kappa shape index (κ3) is 5.18. The van der Waals surface area contributed by atoms with E-state index in [1.807, 2.05) is 6.92 Å². The van der Waals surface area contributed by atoms with Gasteiger partial charge in [0.15, 0.2) is 11.6 Å². The standard InChI is InChI=1S/C26H31FN8O3/c1-16(24(28)36)19-11-21(23(37-3)12-22(19)34-7-9-38-10-8-34)30-26-29-13-20(27)25(31-26)35-15-18(17(2)32-35)14-33-5-4-6-33/h11-13,15H,1,4-10,14H2,2-3H3,(H2,28,36)(H,29,30,31). The number of hydrogen-bond acceptors (Lipinski definition) is 9. The van der Waals surface area contributed by atoms with E-state index in [-0.39, 0.29) is 17.3 Å². The van der Waals surface area contributed by atoms with Gasteiger partial charge in [-0.25, -0.2) is 14.1 Å². The number of halogens is 1. The Balaban J connectivity index is 1.48. The molecule has 1 amide bonds. The summed E-state index contributed by atoms with van der Waals surface area (Å²) in [6.07, 6.45) is 4.08. The van der Waals surface area contributed by atoms with Crippen LogP contribution in [0.3, 0.4) is 0 Å². The van der Waals surface area contributed by atoms with Gasteiger partial charge in [0.2, 0.25) is 11.9 Å². The topological polar surface area (TPSA) is 124 Å². The third-order valence-corrected chi connectivity index (χ3v) is 6.82. The van der Waals surface area contributed by atoms with Gasteiger partial charge in [-0.15, -0.1) is 0 Å². The minimum absolute atomic E-state index is 0.0196. The van der Waals surface area contributed by atoms with Crippen molar-refractivity contribution in [3.63, 3.8) is 0 Å². The van der Waals surface area contributed by atoms with Crippen molar-refractivity contribution in [2.45, 2.75) is 19.9 Å². The van der Waals surface area contributed by atoms with E-state index in [0.717, 1.165) is 42.8 Å². The van der Waals surface area contributed by atoms with Gasteiger partial charge in [0.25, 0.3) is 0 Å². The second kappa shape index (κ2) is 10.8. The number of nitrogens with two attached hydrogens (primary N) is 1. The molecular formula is C26H31FN8O3. The van der Waals surface area contributed by atoms with Gasteiger partial charge in [0.05, 0.1) is 37.9 Å². The number of aromatic nitrogens is 4. The number of rotatable bonds is 9. The van der Waals surface area contributed by atoms with Crippen molar-refractivity contribution in [1.82, 2.24) is 24.6 Å². The Morgan fingerprint density at radius 3 is 2.68 bits per heavy atom. The molecule has 0 unspecified atom stereocenters. The van der Waals surface area contributed by atoms with Crippen LogP contribution in [0.1, 0.15) is 23.2 Å². The number of nitrogens with zero attached hydrogens (tertiary/aromatic N) is 6. The molecule has 1 aromatic carbocycles. The number of aryl methyl sites for hydroxylation is 1. The number of carbonyl (C=O) groups is 1. The molecule has 0 spiro atoms. The van der Waals surface area contributed by atoms with E-state index in [1.165, 1.54) is 18.2 Å². The maximum absolute atomic E-state index is 14.8. The molecule has 200 valence electrons. The SMILES string of the molecule is C=C(C(N)=O)c1cc(Nc2ncc(F)c(-n3cc(CN4CCC4)c(C)n3)n2)c(OC)cc1N1CCOCC1. The number of methoxy groups -OCH3 is 1. The van der Waals surface area contributed by atoms with Crippen LogP contribution in [0.25, 0.3) is 11.4 Å². The summed E-state index contributed by atoms with van der Waals surface area (Å²) in [6, 6.07) is 3.52. The van der Waals surface area contributed by atoms with Gasteiger partial charge in [0, 0.05) is 54.3 Å². The van der Waals surface area contributed by atoms with Crippen LogP contribution < -0.4 is 20.7 Å². The lowest BCUT2D eigenvalue weighted by atomic mass is 10.0. The predicted octanol–water partition coefficient (Wildman–Crippen LogP) is 2.40. The summed E-state index contributed by atoms with van der Waals surface area (Å²) in [5, 5.41) is 7.58. The van der Waals surface area contributed by atoms with Crippen molar-refractivity contribution in [2.24, 2.45) is 5.73 Å². The number of benzene rings is 1. The molecule has 2 saturated heterocycles. The molecule has 0 atom stereocenters. The van der Waals surface area contributed by atoms with E-state index < -0.39 is 11.7 Å². The van der Waals surface area contributed by atoms with Crippen LogP contribution in [0.4, 0.5) is 21.7 Å². The Bertz CT molecular complexity index is 1360. The van der Waals surface area contributed by atoms with Crippen molar-refractivity contribution in [3.8, 4) is 11.6 Å². The van der Waals surface area contributed by atoms with Gasteiger partial charge in [0.1, 0.15) is 5.75 Å². The lowest BCUT2D eigenvalue weighted by Crippen LogP contribution is -2.37. The monoisotopic (exact) mass is 522 g/mol. The zero-order chi connectivity index (χ0) is 26.8. The molecule has 0 aliphatic carbocycles. The van der Waals surface area contributed by atoms with Crippen molar-refractivity contribution in [2.75, 3.05) is 56.7 Å². The van der Waals surface area contributed by atoms with E-state index in [9.17, 15) is 9.18 Å². The molecule has 3 N–H and O–H groups in total. The first-order chi connectivity index (χ1) is 18.3. The van der Waals surface area contributed by atoms with Gasteiger partial charge in [-0.1, -0.05) is 6.58 Å². The van der Waals surface area contributed by atoms with E-state index in [2.05, 4.69) is 36.8 Å². The van der Waals surface area contributed by atoms with Gasteiger partial charge < -0.3 is 25.4 Å². The Labute approximate surface area is 220 Å². The summed E-state index contributed by atoms with van der Waals surface area (Å²) in [4.78, 5) is 25.0. The average molecular weight is 523 g/mol. The van der Waals surface area contributed by atoms with Crippen LogP contribution in [-0.2, 0) is 16.1 Å². The van der Waals surface area contributed by atoms with Crippen LogP contribution >= 0.6 is 0 Å². The van der Waals surface area contributed by atoms with Gasteiger partial charge in [-0.2, -0.15) is 10.1 Å². The fraction of sp³-hybridized carbons (Fsp3) is 0.385. The first-order valence-corrected chi connectivity index (χ1v) is 12.4. The summed E-state index contributed by atoms with van der Waals surface area (Å²) < 4.78 is 27.3. The lowest BCUT2D eigenvalue weighted by Gasteiger charge is -2.31. The van der Waals surface area contributed by atoms with E-state index in [1.54, 1.807) is 18.3 Å². The minimum Gasteiger partial charge on any atom is -0.494 e. The summed E-state index contributed by atoms with van der Waals surface area (Å²) in [6.45, 7) is 11.1. The van der Waals surface area contributed by atoms with Crippen LogP contribution in [-0.4, -0.2) is 77.1 Å². The van der Waals surface area contributed by atoms with Crippen LogP contribution in [0.2, 0.25) is 0 Å². The van der Waals surface area contributed by atoms with Crippen LogP contribution in [0.15, 0.2) is 31.1 Å². The molecule has 0 bridgehead atoms. The lowest BCUT2D eigenvalue weighted by molar-refractivity contribution is -0.112. The predicted molar refractivity (Wildman–Crippen MR) is 141 cm³/mol. The van der Waals surface area contributed by atoms with Gasteiger partial charge in [-0.05, 0) is 32.5 Å². The Kier molecular flexibility index (Phi) is 7.25. The Hall–Kier alpha value is -4.03. The second-order valence-electron chi connectivity index (χ2n) is 9.32. The van der Waals surface area contributed by atoms with Crippen molar-refractivity contribution in [1.29, 1.82) is 0 Å². The number of amides is 1. The highest BCUT2D eigenvalue weighted by atomic mass is 19.1. The molecule has 2 aliphatic rings. The largest absolute Gasteiger partial charge is 0.494 e. The molecular weight excluding hydrogens is 491 g/mol. The number of primary amides is 1. The molecule has 0 radical (unpaired) electrons. The highest BCUT2D eigenvalue weighted by molar-refractivity contribution is 6.19. The number of morpholine rings is 1. The average Bonchev–Trinajstić information content (AvgIpc) is 3.26. The molecule has 4 heterocycles. The van der Waals surface area contributed by atoms with Gasteiger partial charge >= 0.3 is 0 Å². The first-order valence-electron chi connectivity index (χ1n) is 12.4. The van der Waals surface area contributed by atoms with Crippen LogP contribution in [0, 0.1) is 12.7 Å². The van der Waals surface area contributed by atoms with Gasteiger partial charge in [-0.3, -0.25) is 9.69 Å². The molecule has 5 rings (SSSR count). The zero-order valence-corrected chi connectivity index (χ0v) is 21.5. The number of nitrogens with one attached hydrogen (secondary N) is 1. The number of ether oxygens (including phenoxy) is 2. The van der Waals surface area contributed by atoms with E-state index in [0.29, 0.717) is 43.3 Å². The smallest absolute Gasteiger partial charge is 0.248 e. The Morgan fingerprint density at radius 1 is 1.26 bits per heavy atom.